The summed E-state index contributed by atoms with van der Waals surface area (Å²) in [6.45, 7) is 0.274. The van der Waals surface area contributed by atoms with Gasteiger partial charge in [-0.1, -0.05) is 60.7 Å². The number of carbonyl (C=O) groups excluding carboxylic acids is 2. The highest BCUT2D eigenvalue weighted by atomic mass is 79.9. The number of halogens is 3. The number of amides is 2. The van der Waals surface area contributed by atoms with Crippen LogP contribution in [0.15, 0.2) is 92.7 Å². The minimum absolute atomic E-state index is 0.108. The molecule has 0 bridgehead atoms. The van der Waals surface area contributed by atoms with Crippen LogP contribution in [0.5, 0.6) is 5.75 Å². The number of benzene rings is 4. The highest BCUT2D eigenvalue weighted by Gasteiger charge is 2.35. The van der Waals surface area contributed by atoms with Crippen molar-refractivity contribution in [2.45, 2.75) is 13.2 Å². The molecule has 4 aromatic rings. The SMILES string of the molecule is O=C1S/C(=C\c2cc(Br)c(OCc3cccc4ccccc34)c(Br)c2)C(=O)N1Cc1ccccc1F. The van der Waals surface area contributed by atoms with Crippen LogP contribution in [0.25, 0.3) is 16.8 Å². The number of ether oxygens (including phenoxy) is 1. The maximum atomic E-state index is 14.0. The molecule has 1 aliphatic rings. The van der Waals surface area contributed by atoms with Crippen molar-refractivity contribution in [2.75, 3.05) is 0 Å². The fourth-order valence-electron chi connectivity index (χ4n) is 3.95. The molecule has 0 spiro atoms. The Morgan fingerprint density at radius 2 is 1.56 bits per heavy atom. The van der Waals surface area contributed by atoms with Gasteiger partial charge >= 0.3 is 0 Å². The fraction of sp³-hybridized carbons (Fsp3) is 0.0714. The monoisotopic (exact) mass is 625 g/mol. The van der Waals surface area contributed by atoms with E-state index in [1.807, 2.05) is 36.4 Å². The van der Waals surface area contributed by atoms with Crippen molar-refractivity contribution < 1.29 is 18.7 Å². The predicted octanol–water partition coefficient (Wildman–Crippen LogP) is 8.32. The number of hydrogen-bond donors (Lipinski definition) is 0. The molecule has 4 nitrogen and oxygen atoms in total. The van der Waals surface area contributed by atoms with Gasteiger partial charge in [-0.2, -0.15) is 0 Å². The second-order valence-electron chi connectivity index (χ2n) is 8.10. The average molecular weight is 627 g/mol. The number of fused-ring (bicyclic) bond motifs is 1. The van der Waals surface area contributed by atoms with E-state index in [2.05, 4.69) is 50.1 Å². The second-order valence-corrected chi connectivity index (χ2v) is 10.8. The minimum atomic E-state index is -0.451. The molecule has 5 rings (SSSR count). The van der Waals surface area contributed by atoms with E-state index < -0.39 is 17.0 Å². The van der Waals surface area contributed by atoms with Gasteiger partial charge in [0.2, 0.25) is 0 Å². The summed E-state index contributed by atoms with van der Waals surface area (Å²) in [4.78, 5) is 26.7. The molecule has 1 fully saturated rings. The van der Waals surface area contributed by atoms with Crippen molar-refractivity contribution >= 4 is 71.6 Å². The van der Waals surface area contributed by atoms with Crippen LogP contribution in [0, 0.1) is 5.82 Å². The maximum absolute atomic E-state index is 14.0. The molecule has 0 unspecified atom stereocenters. The van der Waals surface area contributed by atoms with Crippen molar-refractivity contribution in [2.24, 2.45) is 0 Å². The standard InChI is InChI=1S/C28H18Br2FNO3S/c29-22-12-17(14-25-27(33)32(28(34)36-25)15-19-7-2-4-11-24(19)31)13-23(30)26(22)35-16-20-9-5-8-18-6-1-3-10-21(18)20/h1-14H,15-16H2/b25-14-. The Labute approximate surface area is 228 Å². The van der Waals surface area contributed by atoms with Crippen molar-refractivity contribution in [3.63, 3.8) is 0 Å². The molecule has 1 aliphatic heterocycles. The zero-order valence-corrected chi connectivity index (χ0v) is 22.7. The zero-order chi connectivity index (χ0) is 25.2. The first-order chi connectivity index (χ1) is 17.4. The summed E-state index contributed by atoms with van der Waals surface area (Å²) in [6.07, 6.45) is 1.65. The number of carbonyl (C=O) groups is 2. The lowest BCUT2D eigenvalue weighted by Crippen LogP contribution is -2.27. The number of nitrogens with zero attached hydrogens (tertiary/aromatic N) is 1. The topological polar surface area (TPSA) is 46.6 Å². The van der Waals surface area contributed by atoms with E-state index in [4.69, 9.17) is 4.74 Å². The largest absolute Gasteiger partial charge is 0.487 e. The fourth-order valence-corrected chi connectivity index (χ4v) is 6.24. The van der Waals surface area contributed by atoms with Gasteiger partial charge in [0.1, 0.15) is 18.2 Å². The molecule has 0 aliphatic carbocycles. The third-order valence-electron chi connectivity index (χ3n) is 5.73. The van der Waals surface area contributed by atoms with Crippen LogP contribution in [0.1, 0.15) is 16.7 Å². The van der Waals surface area contributed by atoms with Gasteiger partial charge in [0.25, 0.3) is 11.1 Å². The first-order valence-corrected chi connectivity index (χ1v) is 13.4. The Hall–Kier alpha value is -2.94. The quantitative estimate of drug-likeness (QED) is 0.202. The van der Waals surface area contributed by atoms with E-state index in [1.165, 1.54) is 6.07 Å². The number of thioether (sulfide) groups is 1. The van der Waals surface area contributed by atoms with Crippen LogP contribution in [0.2, 0.25) is 0 Å². The third kappa shape index (κ3) is 5.12. The Morgan fingerprint density at radius 1 is 0.889 bits per heavy atom. The van der Waals surface area contributed by atoms with E-state index in [-0.39, 0.29) is 11.4 Å². The predicted molar refractivity (Wildman–Crippen MR) is 148 cm³/mol. The molecule has 0 aromatic heterocycles. The number of hydrogen-bond acceptors (Lipinski definition) is 4. The summed E-state index contributed by atoms with van der Waals surface area (Å²) in [5, 5.41) is 1.86. The molecule has 0 N–H and O–H groups in total. The van der Waals surface area contributed by atoms with Gasteiger partial charge in [0.05, 0.1) is 20.4 Å². The van der Waals surface area contributed by atoms with Gasteiger partial charge in [-0.25, -0.2) is 4.39 Å². The zero-order valence-electron chi connectivity index (χ0n) is 18.7. The van der Waals surface area contributed by atoms with Gasteiger partial charge in [0, 0.05) is 5.56 Å². The van der Waals surface area contributed by atoms with Crippen LogP contribution >= 0.6 is 43.6 Å². The Balaban J connectivity index is 1.34. The molecule has 180 valence electrons. The van der Waals surface area contributed by atoms with Crippen LogP contribution in [0.3, 0.4) is 0 Å². The van der Waals surface area contributed by atoms with Crippen LogP contribution < -0.4 is 4.74 Å². The van der Waals surface area contributed by atoms with Gasteiger partial charge in [0.15, 0.2) is 0 Å². The Kier molecular flexibility index (Phi) is 7.27. The van der Waals surface area contributed by atoms with Gasteiger partial charge in [-0.05, 0) is 89.8 Å². The smallest absolute Gasteiger partial charge is 0.293 e. The first kappa shape index (κ1) is 24.7. The van der Waals surface area contributed by atoms with Crippen molar-refractivity contribution in [3.8, 4) is 5.75 Å². The van der Waals surface area contributed by atoms with Gasteiger partial charge in [-0.15, -0.1) is 0 Å². The van der Waals surface area contributed by atoms with E-state index in [0.29, 0.717) is 32.4 Å². The average Bonchev–Trinajstić information content (AvgIpc) is 3.12. The minimum Gasteiger partial charge on any atom is -0.487 e. The molecule has 1 saturated heterocycles. The van der Waals surface area contributed by atoms with Crippen LogP contribution in [-0.2, 0) is 17.9 Å². The van der Waals surface area contributed by atoms with Gasteiger partial charge < -0.3 is 4.74 Å². The van der Waals surface area contributed by atoms with E-state index in [1.54, 1.807) is 24.3 Å². The molecule has 36 heavy (non-hydrogen) atoms. The maximum Gasteiger partial charge on any atom is 0.293 e. The summed E-state index contributed by atoms with van der Waals surface area (Å²) in [5.41, 5.74) is 2.07. The number of rotatable bonds is 6. The lowest BCUT2D eigenvalue weighted by atomic mass is 10.1. The highest BCUT2D eigenvalue weighted by Crippen LogP contribution is 2.38. The lowest BCUT2D eigenvalue weighted by Gasteiger charge is -2.13. The van der Waals surface area contributed by atoms with Gasteiger partial charge in [-0.3, -0.25) is 14.5 Å². The second kappa shape index (κ2) is 10.6. The van der Waals surface area contributed by atoms with E-state index in [9.17, 15) is 14.0 Å². The highest BCUT2D eigenvalue weighted by molar-refractivity contribution is 9.11. The molecule has 0 atom stereocenters. The summed E-state index contributed by atoms with van der Waals surface area (Å²) in [5.74, 6) is -0.267. The van der Waals surface area contributed by atoms with E-state index >= 15 is 0 Å². The summed E-state index contributed by atoms with van der Waals surface area (Å²) < 4.78 is 21.6. The van der Waals surface area contributed by atoms with E-state index in [0.717, 1.165) is 33.0 Å². The molecule has 8 heteroatoms. The van der Waals surface area contributed by atoms with Crippen molar-refractivity contribution in [1.82, 2.24) is 4.90 Å². The molecule has 1 heterocycles. The Morgan fingerprint density at radius 3 is 2.33 bits per heavy atom. The van der Waals surface area contributed by atoms with Crippen LogP contribution in [-0.4, -0.2) is 16.0 Å². The normalized spacial score (nSPS) is 14.8. The van der Waals surface area contributed by atoms with Crippen molar-refractivity contribution in [1.29, 1.82) is 0 Å². The summed E-state index contributed by atoms with van der Waals surface area (Å²) in [7, 11) is 0. The van der Waals surface area contributed by atoms with Crippen molar-refractivity contribution in [3.05, 3.63) is 115 Å². The molecule has 4 aromatic carbocycles. The van der Waals surface area contributed by atoms with Crippen LogP contribution in [0.4, 0.5) is 9.18 Å². The molecular weight excluding hydrogens is 609 g/mol. The molecule has 2 amide bonds. The first-order valence-electron chi connectivity index (χ1n) is 11.0. The third-order valence-corrected chi connectivity index (χ3v) is 7.82. The summed E-state index contributed by atoms with van der Waals surface area (Å²) in [6, 6.07) is 24.0. The molecular formula is C28H18Br2FNO3S. The number of imide groups is 1. The molecule has 0 saturated carbocycles. The Bertz CT molecular complexity index is 1510. The molecule has 0 radical (unpaired) electrons. The lowest BCUT2D eigenvalue weighted by molar-refractivity contribution is -0.123. The summed E-state index contributed by atoms with van der Waals surface area (Å²) >= 11 is 7.97.